The maximum atomic E-state index is 9.07. The standard InChI is InChI=1S/C19H19Cl2N7O/c1-9-14-18(23)24-8-25-19(14)28(26-9)10(2)12-4-13(20)16(21)15(17(12)29-3)11-5-27(6-11)7-22/h4,8,10-11H,5-6H2,1-3H3,(H2,23,24,25). The molecule has 3 heterocycles. The van der Waals surface area contributed by atoms with E-state index in [0.29, 0.717) is 40.3 Å². The van der Waals surface area contributed by atoms with Gasteiger partial charge in [0.1, 0.15) is 17.9 Å². The number of likely N-dealkylation sites (tertiary alicyclic amines) is 1. The van der Waals surface area contributed by atoms with Gasteiger partial charge in [0.15, 0.2) is 11.8 Å². The molecular weight excluding hydrogens is 413 g/mol. The minimum atomic E-state index is -0.254. The first-order valence-electron chi connectivity index (χ1n) is 9.03. The quantitative estimate of drug-likeness (QED) is 0.629. The van der Waals surface area contributed by atoms with Gasteiger partial charge in [0.25, 0.3) is 0 Å². The van der Waals surface area contributed by atoms with Crippen molar-refractivity contribution in [3.63, 3.8) is 0 Å². The van der Waals surface area contributed by atoms with Gasteiger partial charge in [0.2, 0.25) is 0 Å². The molecule has 4 rings (SSSR count). The highest BCUT2D eigenvalue weighted by molar-refractivity contribution is 6.42. The Morgan fingerprint density at radius 1 is 1.34 bits per heavy atom. The van der Waals surface area contributed by atoms with Crippen molar-refractivity contribution in [1.82, 2.24) is 24.6 Å². The van der Waals surface area contributed by atoms with Crippen LogP contribution in [0, 0.1) is 18.4 Å². The summed E-state index contributed by atoms with van der Waals surface area (Å²) in [5.41, 5.74) is 9.05. The van der Waals surface area contributed by atoms with E-state index >= 15 is 0 Å². The fourth-order valence-electron chi connectivity index (χ4n) is 3.87. The van der Waals surface area contributed by atoms with Gasteiger partial charge < -0.3 is 15.4 Å². The van der Waals surface area contributed by atoms with Gasteiger partial charge in [-0.1, -0.05) is 23.2 Å². The summed E-state index contributed by atoms with van der Waals surface area (Å²) in [7, 11) is 1.60. The van der Waals surface area contributed by atoms with E-state index < -0.39 is 0 Å². The van der Waals surface area contributed by atoms with Gasteiger partial charge in [0, 0.05) is 30.1 Å². The van der Waals surface area contributed by atoms with E-state index in [2.05, 4.69) is 21.3 Å². The maximum absolute atomic E-state index is 9.07. The third kappa shape index (κ3) is 3.02. The minimum Gasteiger partial charge on any atom is -0.496 e. The Kier molecular flexibility index (Phi) is 4.89. The largest absolute Gasteiger partial charge is 0.496 e. The summed E-state index contributed by atoms with van der Waals surface area (Å²) >= 11 is 13.0. The van der Waals surface area contributed by atoms with E-state index in [1.165, 1.54) is 6.33 Å². The molecule has 29 heavy (non-hydrogen) atoms. The van der Waals surface area contributed by atoms with Crippen LogP contribution in [0.3, 0.4) is 0 Å². The van der Waals surface area contributed by atoms with Crippen molar-refractivity contribution in [3.05, 3.63) is 39.3 Å². The number of nitriles is 1. The lowest BCUT2D eigenvalue weighted by Crippen LogP contribution is -2.41. The molecule has 1 unspecified atom stereocenters. The van der Waals surface area contributed by atoms with Crippen molar-refractivity contribution in [2.75, 3.05) is 25.9 Å². The minimum absolute atomic E-state index is 0.0656. The number of rotatable bonds is 4. The lowest BCUT2D eigenvalue weighted by Gasteiger charge is -2.37. The van der Waals surface area contributed by atoms with E-state index in [1.807, 2.05) is 13.8 Å². The Labute approximate surface area is 177 Å². The normalized spacial score (nSPS) is 15.2. The average Bonchev–Trinajstić information content (AvgIpc) is 3.01. The zero-order valence-electron chi connectivity index (χ0n) is 16.1. The van der Waals surface area contributed by atoms with Crippen LogP contribution < -0.4 is 10.5 Å². The third-order valence-electron chi connectivity index (χ3n) is 5.38. The van der Waals surface area contributed by atoms with E-state index in [9.17, 15) is 0 Å². The number of hydrogen-bond acceptors (Lipinski definition) is 7. The van der Waals surface area contributed by atoms with Crippen LogP contribution in [0.15, 0.2) is 12.4 Å². The summed E-state index contributed by atoms with van der Waals surface area (Å²) in [5, 5.41) is 15.3. The molecular formula is C19H19Cl2N7O. The monoisotopic (exact) mass is 431 g/mol. The Hall–Kier alpha value is -2.76. The number of aromatic nitrogens is 4. The van der Waals surface area contributed by atoms with Crippen LogP contribution in [0.5, 0.6) is 5.75 Å². The lowest BCUT2D eigenvalue weighted by molar-refractivity contribution is 0.228. The number of nitrogen functional groups attached to an aromatic ring is 1. The van der Waals surface area contributed by atoms with E-state index in [0.717, 1.165) is 22.2 Å². The first kappa shape index (κ1) is 19.6. The molecule has 1 atom stereocenters. The van der Waals surface area contributed by atoms with E-state index in [1.54, 1.807) is 22.8 Å². The van der Waals surface area contributed by atoms with Crippen molar-refractivity contribution in [2.45, 2.75) is 25.8 Å². The van der Waals surface area contributed by atoms with Crippen molar-refractivity contribution < 1.29 is 4.74 Å². The molecule has 8 nitrogen and oxygen atoms in total. The molecule has 0 saturated carbocycles. The predicted molar refractivity (Wildman–Crippen MR) is 111 cm³/mol. The topological polar surface area (TPSA) is 106 Å². The second kappa shape index (κ2) is 7.25. The number of nitrogens with two attached hydrogens (primary N) is 1. The number of hydrogen-bond donors (Lipinski definition) is 1. The fraction of sp³-hybridized carbons (Fsp3) is 0.368. The van der Waals surface area contributed by atoms with Gasteiger partial charge in [-0.05, 0) is 19.9 Å². The number of fused-ring (bicyclic) bond motifs is 1. The van der Waals surface area contributed by atoms with Gasteiger partial charge in [-0.2, -0.15) is 10.4 Å². The Balaban J connectivity index is 1.87. The molecule has 3 aromatic rings. The van der Waals surface area contributed by atoms with Crippen molar-refractivity contribution >= 4 is 40.1 Å². The van der Waals surface area contributed by atoms with Crippen LogP contribution in [0.1, 0.15) is 35.7 Å². The fourth-order valence-corrected chi connectivity index (χ4v) is 4.38. The number of anilines is 1. The predicted octanol–water partition coefficient (Wildman–Crippen LogP) is 3.52. The second-order valence-corrected chi connectivity index (χ2v) is 7.86. The van der Waals surface area contributed by atoms with Crippen molar-refractivity contribution in [3.8, 4) is 11.9 Å². The van der Waals surface area contributed by atoms with Crippen LogP contribution in [-0.2, 0) is 0 Å². The first-order valence-corrected chi connectivity index (χ1v) is 9.78. The van der Waals surface area contributed by atoms with Gasteiger partial charge in [-0.3, -0.25) is 0 Å². The van der Waals surface area contributed by atoms with E-state index in [4.69, 9.17) is 38.9 Å². The number of aryl methyl sites for hydroxylation is 1. The molecule has 0 spiro atoms. The molecule has 1 aliphatic heterocycles. The summed E-state index contributed by atoms with van der Waals surface area (Å²) in [6.07, 6.45) is 3.56. The number of benzene rings is 1. The zero-order valence-corrected chi connectivity index (χ0v) is 17.7. The van der Waals surface area contributed by atoms with Crippen LogP contribution in [0.4, 0.5) is 5.82 Å². The summed E-state index contributed by atoms with van der Waals surface area (Å²) in [4.78, 5) is 10.1. The van der Waals surface area contributed by atoms with Crippen molar-refractivity contribution in [1.29, 1.82) is 5.26 Å². The van der Waals surface area contributed by atoms with Crippen LogP contribution in [-0.4, -0.2) is 44.8 Å². The number of halogens is 2. The second-order valence-electron chi connectivity index (χ2n) is 7.07. The van der Waals surface area contributed by atoms with Gasteiger partial charge in [0.05, 0.1) is 34.3 Å². The first-order chi connectivity index (χ1) is 13.9. The maximum Gasteiger partial charge on any atom is 0.179 e. The molecule has 150 valence electrons. The highest BCUT2D eigenvalue weighted by Gasteiger charge is 2.34. The molecule has 0 amide bonds. The molecule has 1 aliphatic rings. The average molecular weight is 432 g/mol. The van der Waals surface area contributed by atoms with Gasteiger partial charge in [-0.25, -0.2) is 14.6 Å². The smallest absolute Gasteiger partial charge is 0.179 e. The zero-order chi connectivity index (χ0) is 20.9. The van der Waals surface area contributed by atoms with Crippen molar-refractivity contribution in [2.24, 2.45) is 0 Å². The molecule has 1 aromatic carbocycles. The lowest BCUT2D eigenvalue weighted by atomic mass is 9.88. The Morgan fingerprint density at radius 3 is 2.72 bits per heavy atom. The van der Waals surface area contributed by atoms with Crippen LogP contribution in [0.2, 0.25) is 10.0 Å². The Bertz CT molecular complexity index is 1150. The number of nitrogens with zero attached hydrogens (tertiary/aromatic N) is 6. The molecule has 0 aliphatic carbocycles. The molecule has 1 fully saturated rings. The van der Waals surface area contributed by atoms with Crippen LogP contribution >= 0.6 is 23.2 Å². The molecule has 1 saturated heterocycles. The Morgan fingerprint density at radius 2 is 2.07 bits per heavy atom. The van der Waals surface area contributed by atoms with Crippen LogP contribution in [0.25, 0.3) is 11.0 Å². The number of methoxy groups -OCH3 is 1. The van der Waals surface area contributed by atoms with Gasteiger partial charge in [-0.15, -0.1) is 0 Å². The summed E-state index contributed by atoms with van der Waals surface area (Å²) in [6, 6.07) is 1.54. The highest BCUT2D eigenvalue weighted by Crippen LogP contribution is 2.46. The summed E-state index contributed by atoms with van der Waals surface area (Å²) in [6.45, 7) is 5.01. The number of ether oxygens (including phenoxy) is 1. The molecule has 0 radical (unpaired) electrons. The molecule has 10 heteroatoms. The molecule has 2 N–H and O–H groups in total. The van der Waals surface area contributed by atoms with E-state index in [-0.39, 0.29) is 12.0 Å². The summed E-state index contributed by atoms with van der Waals surface area (Å²) < 4.78 is 7.57. The highest BCUT2D eigenvalue weighted by atomic mass is 35.5. The molecule has 0 bridgehead atoms. The third-order valence-corrected chi connectivity index (χ3v) is 6.18. The van der Waals surface area contributed by atoms with Gasteiger partial charge >= 0.3 is 0 Å². The summed E-state index contributed by atoms with van der Waals surface area (Å²) in [5.74, 6) is 1.10. The SMILES string of the molecule is COc1c(C(C)n2nc(C)c3c(N)ncnc32)cc(Cl)c(Cl)c1C1CN(C#N)C1. The molecule has 2 aromatic heterocycles.